The fourth-order valence-electron chi connectivity index (χ4n) is 4.23. The van der Waals surface area contributed by atoms with Gasteiger partial charge in [-0.3, -0.25) is 9.59 Å². The summed E-state index contributed by atoms with van der Waals surface area (Å²) in [4.78, 5) is 28.9. The molecule has 2 aliphatic rings. The molecule has 8 nitrogen and oxygen atoms in total. The van der Waals surface area contributed by atoms with E-state index in [0.717, 1.165) is 37.2 Å². The van der Waals surface area contributed by atoms with Gasteiger partial charge in [-0.2, -0.15) is 0 Å². The molecule has 0 bridgehead atoms. The van der Waals surface area contributed by atoms with Gasteiger partial charge in [0.1, 0.15) is 5.76 Å². The van der Waals surface area contributed by atoms with Crippen molar-refractivity contribution < 1.29 is 22.4 Å². The highest BCUT2D eigenvalue weighted by Gasteiger charge is 2.28. The molecule has 172 valence electrons. The number of furan rings is 1. The predicted molar refractivity (Wildman–Crippen MR) is 119 cm³/mol. The number of rotatable bonds is 7. The average molecular weight is 460 g/mol. The monoisotopic (exact) mass is 459 g/mol. The molecule has 1 saturated heterocycles. The summed E-state index contributed by atoms with van der Waals surface area (Å²) >= 11 is 0. The maximum atomic E-state index is 12.8. The van der Waals surface area contributed by atoms with E-state index in [1.54, 1.807) is 29.2 Å². The third-order valence-electron chi connectivity index (χ3n) is 6.26. The highest BCUT2D eigenvalue weighted by molar-refractivity contribution is 7.89. The van der Waals surface area contributed by atoms with E-state index in [1.165, 1.54) is 12.3 Å². The Hall–Kier alpha value is -2.65. The lowest BCUT2D eigenvalue weighted by Crippen LogP contribution is -2.38. The Morgan fingerprint density at radius 1 is 1.09 bits per heavy atom. The maximum absolute atomic E-state index is 12.8. The summed E-state index contributed by atoms with van der Waals surface area (Å²) in [6.45, 7) is 4.30. The van der Waals surface area contributed by atoms with Crippen LogP contribution in [0.1, 0.15) is 43.9 Å². The molecule has 3 heterocycles. The Morgan fingerprint density at radius 3 is 2.56 bits per heavy atom. The van der Waals surface area contributed by atoms with Crippen LogP contribution in [0, 0.1) is 5.92 Å². The molecule has 9 heteroatoms. The molecule has 1 fully saturated rings. The quantitative estimate of drug-likeness (QED) is 0.686. The largest absolute Gasteiger partial charge is 0.468 e. The molecular weight excluding hydrogens is 430 g/mol. The zero-order valence-corrected chi connectivity index (χ0v) is 19.1. The highest BCUT2D eigenvalue weighted by Crippen LogP contribution is 2.31. The van der Waals surface area contributed by atoms with Crippen LogP contribution in [0.25, 0.3) is 0 Å². The van der Waals surface area contributed by atoms with Crippen molar-refractivity contribution >= 4 is 27.5 Å². The summed E-state index contributed by atoms with van der Waals surface area (Å²) in [6, 6.07) is 8.20. The third kappa shape index (κ3) is 5.05. The van der Waals surface area contributed by atoms with Crippen molar-refractivity contribution in [1.29, 1.82) is 0 Å². The zero-order valence-electron chi connectivity index (χ0n) is 18.2. The van der Waals surface area contributed by atoms with Gasteiger partial charge in [0.25, 0.3) is 0 Å². The number of carbonyl (C=O) groups is 2. The molecule has 0 unspecified atom stereocenters. The van der Waals surface area contributed by atoms with E-state index in [1.807, 2.05) is 4.90 Å². The van der Waals surface area contributed by atoms with Crippen molar-refractivity contribution in [2.75, 3.05) is 24.5 Å². The molecule has 1 aromatic carbocycles. The lowest BCUT2D eigenvalue weighted by Gasteiger charge is -2.30. The van der Waals surface area contributed by atoms with Gasteiger partial charge in [0.15, 0.2) is 0 Å². The molecule has 0 spiro atoms. The zero-order chi connectivity index (χ0) is 22.7. The summed E-state index contributed by atoms with van der Waals surface area (Å²) < 4.78 is 32.9. The number of hydrogen-bond acceptors (Lipinski definition) is 5. The molecule has 0 saturated carbocycles. The number of nitrogens with zero attached hydrogens (tertiary/aromatic N) is 2. The summed E-state index contributed by atoms with van der Waals surface area (Å²) in [5.41, 5.74) is 1.54. The van der Waals surface area contributed by atoms with Crippen LogP contribution in [0.3, 0.4) is 0 Å². The number of benzene rings is 1. The fourth-order valence-corrected chi connectivity index (χ4v) is 5.28. The molecule has 0 radical (unpaired) electrons. The van der Waals surface area contributed by atoms with Crippen LogP contribution < -0.4 is 9.62 Å². The number of fused-ring (bicyclic) bond motifs is 1. The Bertz CT molecular complexity index is 1070. The van der Waals surface area contributed by atoms with Gasteiger partial charge in [-0.25, -0.2) is 13.1 Å². The Balaban J connectivity index is 1.35. The maximum Gasteiger partial charge on any atom is 0.240 e. The van der Waals surface area contributed by atoms with Gasteiger partial charge in [0.2, 0.25) is 21.8 Å². The number of hydrogen-bond donors (Lipinski definition) is 1. The van der Waals surface area contributed by atoms with Crippen molar-refractivity contribution in [1.82, 2.24) is 9.62 Å². The molecular formula is C23H29N3O5S. The van der Waals surface area contributed by atoms with E-state index >= 15 is 0 Å². The molecule has 1 aromatic heterocycles. The highest BCUT2D eigenvalue weighted by atomic mass is 32.2. The second-order valence-corrected chi connectivity index (χ2v) is 10.3. The van der Waals surface area contributed by atoms with E-state index in [9.17, 15) is 18.0 Å². The van der Waals surface area contributed by atoms with Crippen LogP contribution in [0.4, 0.5) is 5.69 Å². The topological polar surface area (TPSA) is 99.9 Å². The molecule has 2 amide bonds. The number of anilines is 1. The lowest BCUT2D eigenvalue weighted by molar-refractivity contribution is -0.134. The molecule has 0 aliphatic carbocycles. The van der Waals surface area contributed by atoms with E-state index < -0.39 is 10.0 Å². The first-order chi connectivity index (χ1) is 15.3. The predicted octanol–water partition coefficient (Wildman–Crippen LogP) is 2.69. The lowest BCUT2D eigenvalue weighted by atomic mass is 9.99. The summed E-state index contributed by atoms with van der Waals surface area (Å²) in [7, 11) is -3.70. The van der Waals surface area contributed by atoms with Crippen LogP contribution in [-0.2, 0) is 32.6 Å². The molecule has 2 aliphatic heterocycles. The van der Waals surface area contributed by atoms with Crippen molar-refractivity contribution in [2.45, 2.75) is 50.5 Å². The van der Waals surface area contributed by atoms with E-state index in [-0.39, 0.29) is 36.1 Å². The van der Waals surface area contributed by atoms with Gasteiger partial charge in [0, 0.05) is 38.2 Å². The van der Waals surface area contributed by atoms with E-state index in [2.05, 4.69) is 11.6 Å². The van der Waals surface area contributed by atoms with Gasteiger partial charge in [-0.15, -0.1) is 0 Å². The van der Waals surface area contributed by atoms with Crippen LogP contribution in [0.5, 0.6) is 0 Å². The Morgan fingerprint density at radius 2 is 1.84 bits per heavy atom. The first-order valence-electron chi connectivity index (χ1n) is 11.1. The van der Waals surface area contributed by atoms with Crippen molar-refractivity contribution in [3.05, 3.63) is 47.9 Å². The number of amides is 2. The summed E-state index contributed by atoms with van der Waals surface area (Å²) in [5, 5.41) is 0. The van der Waals surface area contributed by atoms with Crippen molar-refractivity contribution in [3.63, 3.8) is 0 Å². The standard InChI is InChI=1S/C23H29N3O5S/c1-17-8-11-25(12-9-17)22(27)6-7-23(28)26-13-10-18-15-20(4-5-21(18)26)32(29,30)24-16-19-3-2-14-31-19/h2-5,14-15,17,24H,6-13,16H2,1H3. The van der Waals surface area contributed by atoms with Crippen LogP contribution in [-0.4, -0.2) is 44.8 Å². The smallest absolute Gasteiger partial charge is 0.240 e. The number of likely N-dealkylation sites (tertiary alicyclic amines) is 1. The number of piperidine rings is 1. The minimum Gasteiger partial charge on any atom is -0.468 e. The number of carbonyl (C=O) groups excluding carboxylic acids is 2. The fraction of sp³-hybridized carbons (Fsp3) is 0.478. The average Bonchev–Trinajstić information content (AvgIpc) is 3.46. The van der Waals surface area contributed by atoms with Crippen LogP contribution in [0.2, 0.25) is 0 Å². The molecule has 2 aromatic rings. The molecule has 0 atom stereocenters. The first kappa shape index (κ1) is 22.5. The minimum atomic E-state index is -3.70. The third-order valence-corrected chi connectivity index (χ3v) is 7.66. The Labute approximate surface area is 188 Å². The minimum absolute atomic E-state index is 0.0359. The van der Waals surface area contributed by atoms with Crippen molar-refractivity contribution in [2.24, 2.45) is 5.92 Å². The summed E-state index contributed by atoms with van der Waals surface area (Å²) in [6.07, 6.45) is 4.48. The first-order valence-corrected chi connectivity index (χ1v) is 12.5. The van der Waals surface area contributed by atoms with Crippen molar-refractivity contribution in [3.8, 4) is 0 Å². The van der Waals surface area contributed by atoms with E-state index in [4.69, 9.17) is 4.42 Å². The number of nitrogens with one attached hydrogen (secondary N) is 1. The van der Waals surface area contributed by atoms with Gasteiger partial charge < -0.3 is 14.2 Å². The molecule has 4 rings (SSSR count). The van der Waals surface area contributed by atoms with Gasteiger partial charge in [-0.05, 0) is 61.1 Å². The van der Waals surface area contributed by atoms with Gasteiger partial charge in [0.05, 0.1) is 17.7 Å². The van der Waals surface area contributed by atoms with Gasteiger partial charge in [-0.1, -0.05) is 6.92 Å². The second-order valence-electron chi connectivity index (χ2n) is 8.55. The van der Waals surface area contributed by atoms with Crippen LogP contribution in [0.15, 0.2) is 45.9 Å². The molecule has 1 N–H and O–H groups in total. The second kappa shape index (κ2) is 9.46. The number of sulfonamides is 1. The molecule has 32 heavy (non-hydrogen) atoms. The van der Waals surface area contributed by atoms with Gasteiger partial charge >= 0.3 is 0 Å². The summed E-state index contributed by atoms with van der Waals surface area (Å²) in [5.74, 6) is 1.11. The normalized spacial score (nSPS) is 16.9. The Kier molecular flexibility index (Phi) is 6.66. The SMILES string of the molecule is CC1CCN(C(=O)CCC(=O)N2CCc3cc(S(=O)(=O)NCc4ccco4)ccc32)CC1. The van der Waals surface area contributed by atoms with Crippen LogP contribution >= 0.6 is 0 Å². The van der Waals surface area contributed by atoms with E-state index in [0.29, 0.717) is 24.6 Å².